The van der Waals surface area contributed by atoms with E-state index < -0.39 is 24.8 Å². The maximum absolute atomic E-state index is 11.1. The SMILES string of the molecule is CC1S(=O)(=O)OCCCOS1(=O)=O. The number of hydrogen-bond donors (Lipinski definition) is 0. The van der Waals surface area contributed by atoms with E-state index in [9.17, 15) is 16.8 Å². The summed E-state index contributed by atoms with van der Waals surface area (Å²) in [6.45, 7) is 0.945. The van der Waals surface area contributed by atoms with Crippen LogP contribution in [-0.2, 0) is 28.6 Å². The Labute approximate surface area is 77.1 Å². The van der Waals surface area contributed by atoms with Crippen molar-refractivity contribution in [3.63, 3.8) is 0 Å². The first kappa shape index (κ1) is 10.9. The van der Waals surface area contributed by atoms with E-state index in [1.54, 1.807) is 0 Å². The van der Waals surface area contributed by atoms with E-state index >= 15 is 0 Å². The Bertz CT molecular complexity index is 330. The fourth-order valence-electron chi connectivity index (χ4n) is 0.745. The topological polar surface area (TPSA) is 86.7 Å². The predicted octanol–water partition coefficient (Wildman–Crippen LogP) is -0.571. The lowest BCUT2D eigenvalue weighted by Crippen LogP contribution is -2.33. The Morgan fingerprint density at radius 3 is 1.77 bits per heavy atom. The molecule has 0 N–H and O–H groups in total. The molecule has 6 nitrogen and oxygen atoms in total. The van der Waals surface area contributed by atoms with Gasteiger partial charge < -0.3 is 0 Å². The van der Waals surface area contributed by atoms with Crippen LogP contribution in [0, 0.1) is 0 Å². The molecule has 1 aliphatic heterocycles. The van der Waals surface area contributed by atoms with Gasteiger partial charge in [-0.05, 0) is 13.3 Å². The second-order valence-corrected chi connectivity index (χ2v) is 6.71. The fraction of sp³-hybridized carbons (Fsp3) is 1.00. The highest BCUT2D eigenvalue weighted by Crippen LogP contribution is 2.16. The zero-order valence-electron chi connectivity index (χ0n) is 6.96. The van der Waals surface area contributed by atoms with Crippen molar-refractivity contribution in [3.8, 4) is 0 Å². The molecule has 0 unspecified atom stereocenters. The summed E-state index contributed by atoms with van der Waals surface area (Å²) in [7, 11) is -8.08. The number of rotatable bonds is 0. The third-order valence-electron chi connectivity index (χ3n) is 1.60. The monoisotopic (exact) mass is 230 g/mol. The van der Waals surface area contributed by atoms with E-state index in [0.717, 1.165) is 6.92 Å². The minimum Gasteiger partial charge on any atom is -0.269 e. The maximum atomic E-state index is 11.1. The van der Waals surface area contributed by atoms with E-state index in [4.69, 9.17) is 0 Å². The van der Waals surface area contributed by atoms with Crippen LogP contribution in [0.1, 0.15) is 13.3 Å². The van der Waals surface area contributed by atoms with Crippen LogP contribution in [0.3, 0.4) is 0 Å². The third-order valence-corrected chi connectivity index (χ3v) is 5.63. The molecule has 1 heterocycles. The molecule has 8 heteroatoms. The van der Waals surface area contributed by atoms with Crippen molar-refractivity contribution in [1.29, 1.82) is 0 Å². The van der Waals surface area contributed by atoms with Gasteiger partial charge in [-0.3, -0.25) is 8.37 Å². The summed E-state index contributed by atoms with van der Waals surface area (Å²) in [6.07, 6.45) is 0.241. The molecule has 78 valence electrons. The summed E-state index contributed by atoms with van der Waals surface area (Å²) in [5.74, 6) is 0. The van der Waals surface area contributed by atoms with Gasteiger partial charge in [0.15, 0.2) is 0 Å². The van der Waals surface area contributed by atoms with Gasteiger partial charge in [0.1, 0.15) is 0 Å². The van der Waals surface area contributed by atoms with Gasteiger partial charge in [-0.1, -0.05) is 0 Å². The standard InChI is InChI=1S/C5H10O6S2/c1-5-12(6,7)10-3-2-4-11-13(5,8)9/h5H,2-4H2,1H3. The Morgan fingerprint density at radius 2 is 1.38 bits per heavy atom. The fourth-order valence-corrected chi connectivity index (χ4v) is 3.32. The van der Waals surface area contributed by atoms with Crippen molar-refractivity contribution in [2.24, 2.45) is 0 Å². The minimum atomic E-state index is -4.04. The molecule has 0 aromatic rings. The molecule has 1 aliphatic rings. The molecule has 0 radical (unpaired) electrons. The maximum Gasteiger partial charge on any atom is 0.287 e. The lowest BCUT2D eigenvalue weighted by Gasteiger charge is -2.16. The van der Waals surface area contributed by atoms with Gasteiger partial charge in [-0.25, -0.2) is 0 Å². The first-order chi connectivity index (χ1) is 5.86. The lowest BCUT2D eigenvalue weighted by molar-refractivity contribution is 0.241. The first-order valence-electron chi connectivity index (χ1n) is 3.63. The average Bonchev–Trinajstić information content (AvgIpc) is 2.01. The zero-order valence-corrected chi connectivity index (χ0v) is 8.60. The highest BCUT2D eigenvalue weighted by molar-refractivity contribution is 8.04. The smallest absolute Gasteiger partial charge is 0.269 e. The van der Waals surface area contributed by atoms with Crippen LogP contribution >= 0.6 is 0 Å². The zero-order chi connectivity index (χ0) is 10.1. The van der Waals surface area contributed by atoms with Gasteiger partial charge in [0, 0.05) is 0 Å². The van der Waals surface area contributed by atoms with E-state index in [2.05, 4.69) is 8.37 Å². The van der Waals surface area contributed by atoms with Gasteiger partial charge in [-0.2, -0.15) is 16.8 Å². The first-order valence-corrected chi connectivity index (χ1v) is 6.57. The molecule has 0 aromatic carbocycles. The van der Waals surface area contributed by atoms with Gasteiger partial charge in [0.05, 0.1) is 13.2 Å². The summed E-state index contributed by atoms with van der Waals surface area (Å²) in [5.41, 5.74) is 0. The molecular formula is C5H10O6S2. The molecule has 1 saturated heterocycles. The average molecular weight is 230 g/mol. The summed E-state index contributed by atoms with van der Waals surface area (Å²) in [5, 5.41) is 0. The second kappa shape index (κ2) is 3.52. The quantitative estimate of drug-likeness (QED) is 0.518. The molecule has 1 fully saturated rings. The van der Waals surface area contributed by atoms with E-state index in [0.29, 0.717) is 0 Å². The van der Waals surface area contributed by atoms with Crippen molar-refractivity contribution < 1.29 is 25.2 Å². The Balaban J connectivity index is 3.05. The van der Waals surface area contributed by atoms with Crippen molar-refractivity contribution in [2.75, 3.05) is 13.2 Å². The van der Waals surface area contributed by atoms with Gasteiger partial charge >= 0.3 is 0 Å². The molecular weight excluding hydrogens is 220 g/mol. The molecule has 1 rings (SSSR count). The van der Waals surface area contributed by atoms with Gasteiger partial charge in [0.2, 0.25) is 4.58 Å². The van der Waals surface area contributed by atoms with Crippen LogP contribution in [0.5, 0.6) is 0 Å². The predicted molar refractivity (Wildman–Crippen MR) is 43.8 cm³/mol. The summed E-state index contributed by atoms with van der Waals surface area (Å²) >= 11 is 0. The van der Waals surface area contributed by atoms with Crippen molar-refractivity contribution in [1.82, 2.24) is 0 Å². The van der Waals surface area contributed by atoms with Gasteiger partial charge in [0.25, 0.3) is 20.2 Å². The Kier molecular flexibility index (Phi) is 2.95. The van der Waals surface area contributed by atoms with Crippen LogP contribution in [0.2, 0.25) is 0 Å². The van der Waals surface area contributed by atoms with Crippen molar-refractivity contribution >= 4 is 20.2 Å². The molecule has 0 atom stereocenters. The second-order valence-electron chi connectivity index (χ2n) is 2.55. The molecule has 0 bridgehead atoms. The van der Waals surface area contributed by atoms with Crippen LogP contribution < -0.4 is 0 Å². The van der Waals surface area contributed by atoms with E-state index in [-0.39, 0.29) is 19.6 Å². The molecule has 0 amide bonds. The minimum absolute atomic E-state index is 0.0395. The summed E-state index contributed by atoms with van der Waals surface area (Å²) < 4.78 is 51.6. The largest absolute Gasteiger partial charge is 0.287 e. The van der Waals surface area contributed by atoms with E-state index in [1.165, 1.54) is 0 Å². The molecule has 0 saturated carbocycles. The van der Waals surface area contributed by atoms with Crippen LogP contribution in [0.15, 0.2) is 0 Å². The summed E-state index contributed by atoms with van der Waals surface area (Å²) in [4.78, 5) is 0. The number of hydrogen-bond acceptors (Lipinski definition) is 6. The molecule has 0 aromatic heterocycles. The van der Waals surface area contributed by atoms with Crippen molar-refractivity contribution in [2.45, 2.75) is 17.9 Å². The molecule has 13 heavy (non-hydrogen) atoms. The van der Waals surface area contributed by atoms with Crippen LogP contribution in [0.25, 0.3) is 0 Å². The highest BCUT2D eigenvalue weighted by atomic mass is 32.3. The lowest BCUT2D eigenvalue weighted by atomic mass is 10.5. The third kappa shape index (κ3) is 2.39. The van der Waals surface area contributed by atoms with Crippen LogP contribution in [-0.4, -0.2) is 34.6 Å². The normalized spacial score (nSPS) is 29.0. The Hall–Kier alpha value is -0.180. The molecule has 0 spiro atoms. The van der Waals surface area contributed by atoms with E-state index in [1.807, 2.05) is 0 Å². The highest BCUT2D eigenvalue weighted by Gasteiger charge is 2.36. The Morgan fingerprint density at radius 1 is 1.00 bits per heavy atom. The van der Waals surface area contributed by atoms with Crippen LogP contribution in [0.4, 0.5) is 0 Å². The summed E-state index contributed by atoms with van der Waals surface area (Å²) in [6, 6.07) is 0. The molecule has 0 aliphatic carbocycles. The van der Waals surface area contributed by atoms with Gasteiger partial charge in [-0.15, -0.1) is 0 Å². The van der Waals surface area contributed by atoms with Crippen molar-refractivity contribution in [3.05, 3.63) is 0 Å².